The number of hydrogen-bond acceptors (Lipinski definition) is 4. The molecule has 1 amide bonds. The highest BCUT2D eigenvalue weighted by atomic mass is 16.6. The molecule has 112 valence electrons. The number of amides is 1. The van der Waals surface area contributed by atoms with E-state index in [9.17, 15) is 19.7 Å². The first-order chi connectivity index (χ1) is 9.90. The molecule has 6 nitrogen and oxygen atoms in total. The maximum atomic E-state index is 12.2. The zero-order valence-corrected chi connectivity index (χ0v) is 12.2. The number of nitrogens with zero attached hydrogens (tertiary/aromatic N) is 2. The quantitative estimate of drug-likeness (QED) is 0.630. The van der Waals surface area contributed by atoms with Crippen LogP contribution >= 0.6 is 0 Å². The number of carbonyl (C=O) groups excluding carboxylic acids is 2. The molecule has 0 atom stereocenters. The maximum absolute atomic E-state index is 12.2. The van der Waals surface area contributed by atoms with Crippen LogP contribution in [0.15, 0.2) is 18.2 Å². The third kappa shape index (κ3) is 3.26. The van der Waals surface area contributed by atoms with E-state index < -0.39 is 4.92 Å². The Balaban J connectivity index is 2.39. The molecule has 6 heteroatoms. The molecule has 0 aliphatic carbocycles. The largest absolute Gasteiger partial charge is 0.305 e. The minimum Gasteiger partial charge on any atom is -0.305 e. The third-order valence-electron chi connectivity index (χ3n) is 3.66. The summed E-state index contributed by atoms with van der Waals surface area (Å²) in [5.74, 6) is -0.270. The predicted octanol–water partition coefficient (Wildman–Crippen LogP) is 2.49. The first-order valence-electron chi connectivity index (χ1n) is 7.00. The summed E-state index contributed by atoms with van der Waals surface area (Å²) < 4.78 is 0. The van der Waals surface area contributed by atoms with Gasteiger partial charge in [-0.3, -0.25) is 19.7 Å². The number of fused-ring (bicyclic) bond motifs is 1. The Hall–Kier alpha value is -2.24. The lowest BCUT2D eigenvalue weighted by Crippen LogP contribution is -2.36. The molecule has 1 aromatic carbocycles. The zero-order chi connectivity index (χ0) is 15.6. The van der Waals surface area contributed by atoms with Gasteiger partial charge in [0.1, 0.15) is 0 Å². The van der Waals surface area contributed by atoms with E-state index in [2.05, 4.69) is 0 Å². The lowest BCUT2D eigenvalue weighted by molar-refractivity contribution is -0.384. The molecule has 0 radical (unpaired) electrons. The van der Waals surface area contributed by atoms with Crippen LogP contribution in [0.2, 0.25) is 0 Å². The molecular weight excluding hydrogens is 272 g/mol. The smallest absolute Gasteiger partial charge is 0.269 e. The highest BCUT2D eigenvalue weighted by Gasteiger charge is 2.26. The van der Waals surface area contributed by atoms with Gasteiger partial charge < -0.3 is 4.90 Å². The van der Waals surface area contributed by atoms with E-state index in [1.165, 1.54) is 17.0 Å². The Morgan fingerprint density at radius 2 is 2.10 bits per heavy atom. The third-order valence-corrected chi connectivity index (χ3v) is 3.66. The second-order valence-corrected chi connectivity index (χ2v) is 5.52. The molecule has 0 N–H and O–H groups in total. The van der Waals surface area contributed by atoms with Crippen molar-refractivity contribution in [3.05, 3.63) is 33.9 Å². The summed E-state index contributed by atoms with van der Waals surface area (Å²) in [6.07, 6.45) is 1.60. The Morgan fingerprint density at radius 3 is 2.71 bits per heavy atom. The number of carbonyl (C=O) groups is 2. The molecule has 0 aromatic heterocycles. The van der Waals surface area contributed by atoms with E-state index >= 15 is 0 Å². The number of ketones is 1. The summed E-state index contributed by atoms with van der Waals surface area (Å²) in [6.45, 7) is 3.62. The molecule has 1 aromatic rings. The molecular formula is C15H18N2O4. The van der Waals surface area contributed by atoms with Crippen molar-refractivity contribution < 1.29 is 14.5 Å². The highest BCUT2D eigenvalue weighted by molar-refractivity contribution is 6.00. The number of nitro groups is 1. The Morgan fingerprint density at radius 1 is 1.38 bits per heavy atom. The van der Waals surface area contributed by atoms with Gasteiger partial charge in [-0.1, -0.05) is 13.8 Å². The molecule has 2 rings (SSSR count). The van der Waals surface area contributed by atoms with E-state index in [-0.39, 0.29) is 29.8 Å². The highest BCUT2D eigenvalue weighted by Crippen LogP contribution is 2.30. The van der Waals surface area contributed by atoms with Crippen LogP contribution in [0.1, 0.15) is 32.3 Å². The van der Waals surface area contributed by atoms with Crippen molar-refractivity contribution in [2.75, 3.05) is 11.4 Å². The van der Waals surface area contributed by atoms with E-state index in [1.807, 2.05) is 0 Å². The van der Waals surface area contributed by atoms with Gasteiger partial charge in [0.2, 0.25) is 5.91 Å². The molecule has 0 spiro atoms. The standard InChI is InChI=1S/C15H18N2O4/c1-10(2)14(18)9-16-13-7-6-12(17(20)21)8-11(13)4-3-5-15(16)19/h6-8,10H,3-5,9H2,1-2H3. The van der Waals surface area contributed by atoms with Crippen molar-refractivity contribution in [3.8, 4) is 0 Å². The van der Waals surface area contributed by atoms with Crippen LogP contribution in [-0.4, -0.2) is 23.2 Å². The van der Waals surface area contributed by atoms with Crippen molar-refractivity contribution in [3.63, 3.8) is 0 Å². The first kappa shape index (κ1) is 15.2. The molecule has 21 heavy (non-hydrogen) atoms. The Bertz CT molecular complexity index is 595. The summed E-state index contributed by atoms with van der Waals surface area (Å²) in [6, 6.07) is 4.45. The summed E-state index contributed by atoms with van der Waals surface area (Å²) >= 11 is 0. The molecule has 0 saturated carbocycles. The minimum atomic E-state index is -0.448. The van der Waals surface area contributed by atoms with Crippen molar-refractivity contribution in [2.24, 2.45) is 5.92 Å². The second kappa shape index (κ2) is 6.03. The van der Waals surface area contributed by atoms with Crippen LogP contribution < -0.4 is 4.90 Å². The monoisotopic (exact) mass is 290 g/mol. The van der Waals surface area contributed by atoms with Gasteiger partial charge >= 0.3 is 0 Å². The van der Waals surface area contributed by atoms with E-state index in [1.54, 1.807) is 19.9 Å². The SMILES string of the molecule is CC(C)C(=O)CN1C(=O)CCCc2cc([N+](=O)[O-])ccc21. The van der Waals surface area contributed by atoms with E-state index in [4.69, 9.17) is 0 Å². The fraction of sp³-hybridized carbons (Fsp3) is 0.467. The van der Waals surface area contributed by atoms with Crippen molar-refractivity contribution in [1.82, 2.24) is 0 Å². The van der Waals surface area contributed by atoms with Gasteiger partial charge in [0.05, 0.1) is 11.5 Å². The molecule has 0 bridgehead atoms. The van der Waals surface area contributed by atoms with Crippen LogP contribution in [0.5, 0.6) is 0 Å². The zero-order valence-electron chi connectivity index (χ0n) is 12.2. The lowest BCUT2D eigenvalue weighted by Gasteiger charge is -2.23. The number of non-ortho nitro benzene ring substituents is 1. The molecule has 1 heterocycles. The average Bonchev–Trinajstić information content (AvgIpc) is 2.58. The van der Waals surface area contributed by atoms with Crippen LogP contribution in [0, 0.1) is 16.0 Å². The number of benzene rings is 1. The van der Waals surface area contributed by atoms with Gasteiger partial charge in [0.15, 0.2) is 5.78 Å². The van der Waals surface area contributed by atoms with Crippen LogP contribution in [0.25, 0.3) is 0 Å². The van der Waals surface area contributed by atoms with Gasteiger partial charge in [0, 0.05) is 30.2 Å². The van der Waals surface area contributed by atoms with Gasteiger partial charge in [-0.15, -0.1) is 0 Å². The van der Waals surface area contributed by atoms with Gasteiger partial charge in [-0.2, -0.15) is 0 Å². The lowest BCUT2D eigenvalue weighted by atomic mass is 10.1. The summed E-state index contributed by atoms with van der Waals surface area (Å²) in [7, 11) is 0. The Kier molecular flexibility index (Phi) is 4.35. The first-order valence-corrected chi connectivity index (χ1v) is 7.00. The number of hydrogen-bond donors (Lipinski definition) is 0. The maximum Gasteiger partial charge on any atom is 0.269 e. The molecule has 1 aliphatic heterocycles. The number of Topliss-reactive ketones (excluding diaryl/α,β-unsaturated/α-hetero) is 1. The molecule has 0 unspecified atom stereocenters. The number of rotatable bonds is 4. The molecule has 1 aliphatic rings. The van der Waals surface area contributed by atoms with Gasteiger partial charge in [-0.05, 0) is 24.5 Å². The van der Waals surface area contributed by atoms with Crippen molar-refractivity contribution >= 4 is 23.1 Å². The summed E-state index contributed by atoms with van der Waals surface area (Å²) in [4.78, 5) is 36.0. The molecule has 0 saturated heterocycles. The van der Waals surface area contributed by atoms with Crippen LogP contribution in [-0.2, 0) is 16.0 Å². The van der Waals surface area contributed by atoms with E-state index in [0.717, 1.165) is 5.56 Å². The average molecular weight is 290 g/mol. The summed E-state index contributed by atoms with van der Waals surface area (Å²) in [5.41, 5.74) is 1.39. The topological polar surface area (TPSA) is 80.5 Å². The van der Waals surface area contributed by atoms with Crippen LogP contribution in [0.3, 0.4) is 0 Å². The summed E-state index contributed by atoms with van der Waals surface area (Å²) in [5, 5.41) is 10.9. The molecule has 0 fully saturated rings. The van der Waals surface area contributed by atoms with E-state index in [0.29, 0.717) is 24.9 Å². The van der Waals surface area contributed by atoms with Gasteiger partial charge in [0.25, 0.3) is 5.69 Å². The van der Waals surface area contributed by atoms with Crippen LogP contribution in [0.4, 0.5) is 11.4 Å². The fourth-order valence-electron chi connectivity index (χ4n) is 2.36. The minimum absolute atomic E-state index is 0.0123. The predicted molar refractivity (Wildman–Crippen MR) is 78.2 cm³/mol. The van der Waals surface area contributed by atoms with Gasteiger partial charge in [-0.25, -0.2) is 0 Å². The Labute approximate surface area is 122 Å². The number of nitro benzene ring substituents is 1. The number of anilines is 1. The number of aryl methyl sites for hydroxylation is 1. The fourth-order valence-corrected chi connectivity index (χ4v) is 2.36. The normalized spacial score (nSPS) is 14.8. The van der Waals surface area contributed by atoms with Crippen molar-refractivity contribution in [1.29, 1.82) is 0 Å². The van der Waals surface area contributed by atoms with Crippen molar-refractivity contribution in [2.45, 2.75) is 33.1 Å². The second-order valence-electron chi connectivity index (χ2n) is 5.52.